The molecule has 0 aromatic rings. The summed E-state index contributed by atoms with van der Waals surface area (Å²) < 4.78 is 10.4. The van der Waals surface area contributed by atoms with Crippen LogP contribution in [0.3, 0.4) is 0 Å². The molecule has 18 heavy (non-hydrogen) atoms. The van der Waals surface area contributed by atoms with Crippen molar-refractivity contribution < 1.29 is 9.47 Å². The minimum Gasteiger partial charge on any atom is -0.383 e. The zero-order chi connectivity index (χ0) is 13.3. The first-order valence-electron chi connectivity index (χ1n) is 7.21. The highest BCUT2D eigenvalue weighted by Gasteiger charge is 2.33. The van der Waals surface area contributed by atoms with E-state index in [1.54, 1.807) is 14.2 Å². The molecule has 0 radical (unpaired) electrons. The second-order valence-electron chi connectivity index (χ2n) is 5.32. The molecule has 1 aliphatic heterocycles. The topological polar surface area (TPSA) is 33.7 Å². The van der Waals surface area contributed by atoms with E-state index in [0.29, 0.717) is 5.54 Å². The third-order valence-electron chi connectivity index (χ3n) is 3.81. The first kappa shape index (κ1) is 15.9. The van der Waals surface area contributed by atoms with Crippen molar-refractivity contribution in [3.63, 3.8) is 0 Å². The lowest BCUT2D eigenvalue weighted by molar-refractivity contribution is 0.0925. The molecule has 1 atom stereocenters. The molecule has 1 heterocycles. The van der Waals surface area contributed by atoms with Crippen LogP contribution in [0.2, 0.25) is 0 Å². The zero-order valence-electron chi connectivity index (χ0n) is 12.3. The molecule has 0 aromatic heterocycles. The van der Waals surface area contributed by atoms with Crippen molar-refractivity contribution in [1.29, 1.82) is 0 Å². The first-order chi connectivity index (χ1) is 8.76. The lowest BCUT2D eigenvalue weighted by atomic mass is 9.91. The normalized spacial score (nSPS) is 24.0. The molecular formula is C14H30N2O2. The van der Waals surface area contributed by atoms with Crippen LogP contribution in [0.4, 0.5) is 0 Å². The number of hydrogen-bond donors (Lipinski definition) is 1. The van der Waals surface area contributed by atoms with Gasteiger partial charge in [-0.2, -0.15) is 0 Å². The highest BCUT2D eigenvalue weighted by Crippen LogP contribution is 2.25. The largest absolute Gasteiger partial charge is 0.383 e. The number of hydrogen-bond acceptors (Lipinski definition) is 4. The third-order valence-corrected chi connectivity index (χ3v) is 3.81. The summed E-state index contributed by atoms with van der Waals surface area (Å²) in [5, 5.41) is 3.73. The van der Waals surface area contributed by atoms with Crippen LogP contribution in [-0.2, 0) is 9.47 Å². The van der Waals surface area contributed by atoms with Crippen molar-refractivity contribution in [2.24, 2.45) is 0 Å². The third kappa shape index (κ3) is 5.22. The summed E-state index contributed by atoms with van der Waals surface area (Å²) >= 11 is 0. The van der Waals surface area contributed by atoms with Crippen LogP contribution in [0.15, 0.2) is 0 Å². The van der Waals surface area contributed by atoms with Gasteiger partial charge in [0.2, 0.25) is 0 Å². The second-order valence-corrected chi connectivity index (χ2v) is 5.32. The van der Waals surface area contributed by atoms with Gasteiger partial charge in [0.25, 0.3) is 0 Å². The SMILES string of the molecule is CCCC1(CN(CCOC)CCOC)CCCN1. The minimum atomic E-state index is 0.330. The summed E-state index contributed by atoms with van der Waals surface area (Å²) in [6.45, 7) is 8.14. The van der Waals surface area contributed by atoms with Crippen molar-refractivity contribution >= 4 is 0 Å². The van der Waals surface area contributed by atoms with Gasteiger partial charge in [0, 0.05) is 39.4 Å². The van der Waals surface area contributed by atoms with Gasteiger partial charge in [-0.25, -0.2) is 0 Å². The highest BCUT2D eigenvalue weighted by molar-refractivity contribution is 4.95. The fourth-order valence-corrected chi connectivity index (χ4v) is 2.91. The summed E-state index contributed by atoms with van der Waals surface area (Å²) in [6, 6.07) is 0. The van der Waals surface area contributed by atoms with Crippen LogP contribution in [0.5, 0.6) is 0 Å². The molecule has 4 nitrogen and oxygen atoms in total. The molecule has 0 bridgehead atoms. The maximum atomic E-state index is 5.21. The van der Waals surface area contributed by atoms with Crippen molar-refractivity contribution in [2.45, 2.75) is 38.1 Å². The van der Waals surface area contributed by atoms with E-state index in [0.717, 1.165) is 32.8 Å². The number of methoxy groups -OCH3 is 2. The smallest absolute Gasteiger partial charge is 0.0589 e. The molecule has 1 unspecified atom stereocenters. The van der Waals surface area contributed by atoms with E-state index in [4.69, 9.17) is 9.47 Å². The van der Waals surface area contributed by atoms with Gasteiger partial charge in [-0.05, 0) is 25.8 Å². The molecular weight excluding hydrogens is 228 g/mol. The molecule has 1 N–H and O–H groups in total. The fourth-order valence-electron chi connectivity index (χ4n) is 2.91. The quantitative estimate of drug-likeness (QED) is 0.644. The van der Waals surface area contributed by atoms with E-state index in [1.807, 2.05) is 0 Å². The first-order valence-corrected chi connectivity index (χ1v) is 7.21. The van der Waals surface area contributed by atoms with Crippen LogP contribution in [0.1, 0.15) is 32.6 Å². The number of nitrogens with zero attached hydrogens (tertiary/aromatic N) is 1. The predicted molar refractivity (Wildman–Crippen MR) is 75.1 cm³/mol. The Morgan fingerprint density at radius 2 is 1.83 bits per heavy atom. The highest BCUT2D eigenvalue weighted by atomic mass is 16.5. The van der Waals surface area contributed by atoms with Gasteiger partial charge in [0.15, 0.2) is 0 Å². The van der Waals surface area contributed by atoms with Crippen molar-refractivity contribution in [3.8, 4) is 0 Å². The van der Waals surface area contributed by atoms with E-state index in [9.17, 15) is 0 Å². The molecule has 1 saturated heterocycles. The van der Waals surface area contributed by atoms with Gasteiger partial charge < -0.3 is 14.8 Å². The van der Waals surface area contributed by atoms with Gasteiger partial charge in [-0.15, -0.1) is 0 Å². The second kappa shape index (κ2) is 8.86. The molecule has 0 aromatic carbocycles. The monoisotopic (exact) mass is 258 g/mol. The molecule has 0 amide bonds. The number of ether oxygens (including phenoxy) is 2. The van der Waals surface area contributed by atoms with Gasteiger partial charge >= 0.3 is 0 Å². The van der Waals surface area contributed by atoms with Gasteiger partial charge in [0.05, 0.1) is 13.2 Å². The van der Waals surface area contributed by atoms with E-state index in [1.165, 1.54) is 32.2 Å². The zero-order valence-corrected chi connectivity index (χ0v) is 12.3. The summed E-state index contributed by atoms with van der Waals surface area (Å²) in [5.74, 6) is 0. The molecule has 0 saturated carbocycles. The Bertz CT molecular complexity index is 198. The molecule has 1 rings (SSSR count). The standard InChI is InChI=1S/C14H30N2O2/c1-4-6-14(7-5-8-15-14)13-16(9-11-17-2)10-12-18-3/h15H,4-13H2,1-3H3. The van der Waals surface area contributed by atoms with Crippen LogP contribution < -0.4 is 5.32 Å². The Balaban J connectivity index is 2.49. The molecule has 4 heteroatoms. The summed E-state index contributed by atoms with van der Waals surface area (Å²) in [6.07, 6.45) is 5.12. The van der Waals surface area contributed by atoms with Crippen LogP contribution >= 0.6 is 0 Å². The van der Waals surface area contributed by atoms with E-state index >= 15 is 0 Å². The predicted octanol–water partition coefficient (Wildman–Crippen LogP) is 1.50. The maximum absolute atomic E-state index is 5.21. The van der Waals surface area contributed by atoms with E-state index in [2.05, 4.69) is 17.1 Å². The molecule has 0 spiro atoms. The molecule has 1 fully saturated rings. The maximum Gasteiger partial charge on any atom is 0.0589 e. The molecule has 1 aliphatic rings. The summed E-state index contributed by atoms with van der Waals surface area (Å²) in [7, 11) is 3.54. The van der Waals surface area contributed by atoms with Crippen molar-refractivity contribution in [1.82, 2.24) is 10.2 Å². The molecule has 108 valence electrons. The van der Waals surface area contributed by atoms with E-state index < -0.39 is 0 Å². The van der Waals surface area contributed by atoms with Crippen molar-refractivity contribution in [2.75, 3.05) is 53.6 Å². The van der Waals surface area contributed by atoms with Gasteiger partial charge in [-0.3, -0.25) is 4.90 Å². The lowest BCUT2D eigenvalue weighted by Crippen LogP contribution is -2.51. The van der Waals surface area contributed by atoms with Gasteiger partial charge in [0.1, 0.15) is 0 Å². The fraction of sp³-hybridized carbons (Fsp3) is 1.00. The lowest BCUT2D eigenvalue weighted by Gasteiger charge is -2.35. The van der Waals surface area contributed by atoms with Crippen molar-refractivity contribution in [3.05, 3.63) is 0 Å². The minimum absolute atomic E-state index is 0.330. The van der Waals surface area contributed by atoms with E-state index in [-0.39, 0.29) is 0 Å². The van der Waals surface area contributed by atoms with Gasteiger partial charge in [-0.1, -0.05) is 13.3 Å². The Morgan fingerprint density at radius 1 is 1.17 bits per heavy atom. The van der Waals surface area contributed by atoms with Crippen LogP contribution in [0, 0.1) is 0 Å². The summed E-state index contributed by atoms with van der Waals surface area (Å²) in [4.78, 5) is 2.47. The Hall–Kier alpha value is -0.160. The van der Waals surface area contributed by atoms with Crippen LogP contribution in [-0.4, -0.2) is 64.1 Å². The Morgan fingerprint density at radius 3 is 2.28 bits per heavy atom. The van der Waals surface area contributed by atoms with Crippen LogP contribution in [0.25, 0.3) is 0 Å². The Labute approximate surface area is 112 Å². The summed E-state index contributed by atoms with van der Waals surface area (Å²) in [5.41, 5.74) is 0.330. The molecule has 0 aliphatic carbocycles. The Kier molecular flexibility index (Phi) is 7.82. The average molecular weight is 258 g/mol. The average Bonchev–Trinajstić information content (AvgIpc) is 2.82. The number of rotatable bonds is 10. The number of nitrogens with one attached hydrogen (secondary N) is 1.